The molecular weight excluding hydrogens is 370 g/mol. The Bertz CT molecular complexity index is 899. The van der Waals surface area contributed by atoms with Crippen LogP contribution < -0.4 is 4.74 Å². The van der Waals surface area contributed by atoms with Crippen molar-refractivity contribution >= 4 is 21.6 Å². The van der Waals surface area contributed by atoms with Crippen LogP contribution in [0.2, 0.25) is 0 Å². The first-order valence-electron chi connectivity index (χ1n) is 9.60. The van der Waals surface area contributed by atoms with E-state index >= 15 is 0 Å². The first kappa shape index (κ1) is 20.8. The summed E-state index contributed by atoms with van der Waals surface area (Å²) in [6.45, 7) is 9.10. The van der Waals surface area contributed by atoms with E-state index in [1.807, 2.05) is 58.0 Å². The Morgan fingerprint density at radius 1 is 1.14 bits per heavy atom. The van der Waals surface area contributed by atoms with Gasteiger partial charge in [-0.2, -0.15) is 0 Å². The van der Waals surface area contributed by atoms with Gasteiger partial charge in [-0.15, -0.1) is 11.3 Å². The number of para-hydroxylation sites is 1. The van der Waals surface area contributed by atoms with Gasteiger partial charge in [0.2, 0.25) is 0 Å². The third-order valence-electron chi connectivity index (χ3n) is 4.97. The zero-order chi connectivity index (χ0) is 20.3. The molecule has 1 aromatic heterocycles. The molecule has 28 heavy (non-hydrogen) atoms. The van der Waals surface area contributed by atoms with Crippen molar-refractivity contribution in [3.63, 3.8) is 0 Å². The molecule has 0 radical (unpaired) electrons. The maximum absolute atomic E-state index is 10.4. The predicted molar refractivity (Wildman–Crippen MR) is 116 cm³/mol. The number of aliphatic hydroxyl groups is 1. The van der Waals surface area contributed by atoms with Gasteiger partial charge < -0.3 is 14.6 Å². The largest absolute Gasteiger partial charge is 0.496 e. The number of fused-ring (bicyclic) bond motifs is 1. The van der Waals surface area contributed by atoms with E-state index in [0.29, 0.717) is 13.2 Å². The summed E-state index contributed by atoms with van der Waals surface area (Å²) >= 11 is 1.66. The number of hydrogen-bond donors (Lipinski definition) is 1. The molecule has 1 heterocycles. The second-order valence-electron chi connectivity index (χ2n) is 8.19. The van der Waals surface area contributed by atoms with Crippen LogP contribution in [-0.4, -0.2) is 29.9 Å². The summed E-state index contributed by atoms with van der Waals surface area (Å²) in [4.78, 5) is 4.73. The van der Waals surface area contributed by atoms with Crippen LogP contribution in [0.15, 0.2) is 42.5 Å². The number of hydrogen-bond acceptors (Lipinski definition) is 5. The minimum atomic E-state index is -0.400. The molecule has 2 aromatic carbocycles. The molecule has 0 saturated carbocycles. The third-order valence-corrected chi connectivity index (χ3v) is 6.03. The van der Waals surface area contributed by atoms with Crippen LogP contribution in [0.3, 0.4) is 0 Å². The first-order chi connectivity index (χ1) is 13.3. The Balaban J connectivity index is 1.73. The third kappa shape index (κ3) is 4.54. The molecule has 0 fully saturated rings. The highest BCUT2D eigenvalue weighted by Crippen LogP contribution is 2.36. The lowest BCUT2D eigenvalue weighted by molar-refractivity contribution is -0.0489. The quantitative estimate of drug-likeness (QED) is 0.541. The van der Waals surface area contributed by atoms with Crippen LogP contribution in [0.4, 0.5) is 0 Å². The molecule has 3 rings (SSSR count). The van der Waals surface area contributed by atoms with Gasteiger partial charge >= 0.3 is 0 Å². The van der Waals surface area contributed by atoms with Gasteiger partial charge in [-0.05, 0) is 35.7 Å². The average Bonchev–Trinajstić information content (AvgIpc) is 3.10. The molecule has 150 valence electrons. The summed E-state index contributed by atoms with van der Waals surface area (Å²) in [5, 5.41) is 11.3. The number of aliphatic hydroxyl groups excluding tert-OH is 1. The number of ether oxygens (including phenoxy) is 2. The van der Waals surface area contributed by atoms with E-state index in [1.54, 1.807) is 18.4 Å². The van der Waals surface area contributed by atoms with Crippen molar-refractivity contribution in [1.82, 2.24) is 4.98 Å². The maximum atomic E-state index is 10.4. The van der Waals surface area contributed by atoms with Crippen LogP contribution >= 0.6 is 11.3 Å². The molecular formula is C23H29NO3S. The number of methoxy groups -OCH3 is 1. The Labute approximate surface area is 171 Å². The van der Waals surface area contributed by atoms with Crippen LogP contribution in [0, 0.1) is 11.3 Å². The average molecular weight is 400 g/mol. The fraction of sp³-hybridized carbons (Fsp3) is 0.435. The highest BCUT2D eigenvalue weighted by atomic mass is 32.1. The molecule has 0 aliphatic rings. The van der Waals surface area contributed by atoms with Crippen LogP contribution in [0.1, 0.15) is 33.3 Å². The van der Waals surface area contributed by atoms with Crippen molar-refractivity contribution in [3.8, 4) is 16.3 Å². The number of thiazole rings is 1. The standard InChI is InChI=1S/C23H29NO3S/c1-15(2)21(25)23(3,4)14-27-13-16-10-11-17(19(12-16)26-5)22-24-18-8-6-7-9-20(18)28-22/h6-12,15,21,25H,13-14H2,1-5H3. The van der Waals surface area contributed by atoms with Crippen molar-refractivity contribution in [1.29, 1.82) is 0 Å². The predicted octanol–water partition coefficient (Wildman–Crippen LogP) is 5.53. The molecule has 0 bridgehead atoms. The Morgan fingerprint density at radius 2 is 1.89 bits per heavy atom. The van der Waals surface area contributed by atoms with Crippen LogP contribution in [0.5, 0.6) is 5.75 Å². The van der Waals surface area contributed by atoms with E-state index in [1.165, 1.54) is 0 Å². The molecule has 3 aromatic rings. The van der Waals surface area contributed by atoms with E-state index in [2.05, 4.69) is 12.1 Å². The summed E-state index contributed by atoms with van der Waals surface area (Å²) < 4.78 is 12.7. The zero-order valence-electron chi connectivity index (χ0n) is 17.2. The Hall–Kier alpha value is -1.95. The van der Waals surface area contributed by atoms with Gasteiger partial charge in [-0.1, -0.05) is 45.9 Å². The smallest absolute Gasteiger partial charge is 0.129 e. The van der Waals surface area contributed by atoms with Crippen molar-refractivity contribution in [2.75, 3.05) is 13.7 Å². The number of aromatic nitrogens is 1. The van der Waals surface area contributed by atoms with Gasteiger partial charge in [0.25, 0.3) is 0 Å². The maximum Gasteiger partial charge on any atom is 0.129 e. The SMILES string of the molecule is COc1cc(COCC(C)(C)C(O)C(C)C)ccc1-c1nc2ccccc2s1. The lowest BCUT2D eigenvalue weighted by atomic mass is 9.81. The lowest BCUT2D eigenvalue weighted by Gasteiger charge is -2.32. The zero-order valence-corrected chi connectivity index (χ0v) is 18.0. The molecule has 5 heteroatoms. The minimum Gasteiger partial charge on any atom is -0.496 e. The normalized spacial score (nSPS) is 13.2. The molecule has 0 aliphatic heterocycles. The van der Waals surface area contributed by atoms with E-state index in [-0.39, 0.29) is 11.3 Å². The van der Waals surface area contributed by atoms with Crippen molar-refractivity contribution in [3.05, 3.63) is 48.0 Å². The molecule has 1 N–H and O–H groups in total. The monoisotopic (exact) mass is 399 g/mol. The van der Waals surface area contributed by atoms with E-state index in [9.17, 15) is 5.11 Å². The first-order valence-corrected chi connectivity index (χ1v) is 10.4. The van der Waals surface area contributed by atoms with Gasteiger partial charge in [0.15, 0.2) is 0 Å². The lowest BCUT2D eigenvalue weighted by Crippen LogP contribution is -2.37. The molecule has 0 amide bonds. The molecule has 1 atom stereocenters. The fourth-order valence-corrected chi connectivity index (χ4v) is 4.40. The van der Waals surface area contributed by atoms with Gasteiger partial charge in [0.1, 0.15) is 10.8 Å². The van der Waals surface area contributed by atoms with Gasteiger partial charge in [-0.3, -0.25) is 0 Å². The van der Waals surface area contributed by atoms with Crippen molar-refractivity contribution in [2.24, 2.45) is 11.3 Å². The molecule has 0 spiro atoms. The van der Waals surface area contributed by atoms with Crippen molar-refractivity contribution in [2.45, 2.75) is 40.4 Å². The Kier molecular flexibility index (Phi) is 6.38. The molecule has 0 aliphatic carbocycles. The highest BCUT2D eigenvalue weighted by Gasteiger charge is 2.30. The van der Waals surface area contributed by atoms with E-state index < -0.39 is 6.10 Å². The minimum absolute atomic E-state index is 0.201. The van der Waals surface area contributed by atoms with Crippen LogP contribution in [0.25, 0.3) is 20.8 Å². The molecule has 4 nitrogen and oxygen atoms in total. The van der Waals surface area contributed by atoms with E-state index in [4.69, 9.17) is 14.5 Å². The summed E-state index contributed by atoms with van der Waals surface area (Å²) in [6.07, 6.45) is -0.400. The van der Waals surface area contributed by atoms with Crippen molar-refractivity contribution < 1.29 is 14.6 Å². The summed E-state index contributed by atoms with van der Waals surface area (Å²) in [5.41, 5.74) is 2.74. The topological polar surface area (TPSA) is 51.6 Å². The second-order valence-corrected chi connectivity index (χ2v) is 9.22. The fourth-order valence-electron chi connectivity index (χ4n) is 3.41. The second kappa shape index (κ2) is 8.60. The number of benzene rings is 2. The number of nitrogens with zero attached hydrogens (tertiary/aromatic N) is 1. The molecule has 1 unspecified atom stereocenters. The number of rotatable bonds is 8. The summed E-state index contributed by atoms with van der Waals surface area (Å²) in [6, 6.07) is 14.2. The summed E-state index contributed by atoms with van der Waals surface area (Å²) in [5.74, 6) is 0.994. The van der Waals surface area contributed by atoms with Crippen LogP contribution in [-0.2, 0) is 11.3 Å². The molecule has 0 saturated heterocycles. The van der Waals surface area contributed by atoms with Gasteiger partial charge in [0, 0.05) is 5.41 Å². The summed E-state index contributed by atoms with van der Waals surface area (Å²) in [7, 11) is 1.68. The Morgan fingerprint density at radius 3 is 2.57 bits per heavy atom. The highest BCUT2D eigenvalue weighted by molar-refractivity contribution is 7.21. The van der Waals surface area contributed by atoms with Gasteiger partial charge in [0.05, 0.1) is 42.2 Å². The van der Waals surface area contributed by atoms with E-state index in [0.717, 1.165) is 32.1 Å². The van der Waals surface area contributed by atoms with Gasteiger partial charge in [-0.25, -0.2) is 4.98 Å².